The third kappa shape index (κ3) is 3.23. The van der Waals surface area contributed by atoms with Crippen molar-refractivity contribution in [3.05, 3.63) is 66.4 Å². The van der Waals surface area contributed by atoms with Gasteiger partial charge in [0.25, 0.3) is 0 Å². The number of amides is 1. The molecule has 1 N–H and O–H groups in total. The minimum absolute atomic E-state index is 0.102. The van der Waals surface area contributed by atoms with Gasteiger partial charge >= 0.3 is 0 Å². The molecule has 0 atom stereocenters. The molecular formula is C20H18N2O2. The van der Waals surface area contributed by atoms with Crippen LogP contribution in [0.1, 0.15) is 18.4 Å². The molecule has 0 saturated heterocycles. The third-order valence-corrected chi connectivity index (χ3v) is 4.16. The largest absolute Gasteiger partial charge is 0.489 e. The third-order valence-electron chi connectivity index (χ3n) is 4.16. The molecule has 4 rings (SSSR count). The highest BCUT2D eigenvalue weighted by Crippen LogP contribution is 2.30. The van der Waals surface area contributed by atoms with Crippen LogP contribution >= 0.6 is 0 Å². The van der Waals surface area contributed by atoms with E-state index in [0.717, 1.165) is 40.7 Å². The lowest BCUT2D eigenvalue weighted by Crippen LogP contribution is -2.13. The molecule has 4 nitrogen and oxygen atoms in total. The normalized spacial score (nSPS) is 13.7. The lowest BCUT2D eigenvalue weighted by Gasteiger charge is -2.10. The van der Waals surface area contributed by atoms with Crippen LogP contribution in [0.4, 0.5) is 5.69 Å². The summed E-state index contributed by atoms with van der Waals surface area (Å²) in [6, 6.07) is 17.6. The first kappa shape index (κ1) is 14.7. The van der Waals surface area contributed by atoms with Gasteiger partial charge < -0.3 is 10.1 Å². The molecule has 0 unspecified atom stereocenters. The molecule has 3 aromatic rings. The number of hydrogen-bond donors (Lipinski definition) is 1. The molecule has 1 aliphatic rings. The summed E-state index contributed by atoms with van der Waals surface area (Å²) in [6.07, 6.45) is 3.78. The molecule has 1 amide bonds. The zero-order chi connectivity index (χ0) is 16.4. The first-order valence-electron chi connectivity index (χ1n) is 8.16. The van der Waals surface area contributed by atoms with E-state index in [1.165, 1.54) is 0 Å². The molecule has 1 saturated carbocycles. The Morgan fingerprint density at radius 3 is 2.83 bits per heavy atom. The molecular weight excluding hydrogens is 300 g/mol. The van der Waals surface area contributed by atoms with Crippen molar-refractivity contribution < 1.29 is 9.53 Å². The predicted octanol–water partition coefficient (Wildman–Crippen LogP) is 4.16. The molecule has 0 bridgehead atoms. The maximum Gasteiger partial charge on any atom is 0.227 e. The van der Waals surface area contributed by atoms with Crippen molar-refractivity contribution in [1.82, 2.24) is 4.98 Å². The van der Waals surface area contributed by atoms with Gasteiger partial charge in [-0.3, -0.25) is 9.78 Å². The minimum Gasteiger partial charge on any atom is -0.489 e. The number of aromatic nitrogens is 1. The summed E-state index contributed by atoms with van der Waals surface area (Å²) in [5, 5.41) is 4.04. The van der Waals surface area contributed by atoms with Crippen LogP contribution < -0.4 is 10.1 Å². The second kappa shape index (κ2) is 6.32. The van der Waals surface area contributed by atoms with Crippen LogP contribution in [0.15, 0.2) is 60.8 Å². The highest BCUT2D eigenvalue weighted by Gasteiger charge is 2.29. The van der Waals surface area contributed by atoms with Crippen LogP contribution in [0, 0.1) is 5.92 Å². The average molecular weight is 318 g/mol. The molecule has 2 aromatic carbocycles. The highest BCUT2D eigenvalue weighted by molar-refractivity contribution is 5.94. The van der Waals surface area contributed by atoms with E-state index in [9.17, 15) is 4.79 Å². The Balaban J connectivity index is 1.48. The average Bonchev–Trinajstić information content (AvgIpc) is 3.45. The van der Waals surface area contributed by atoms with E-state index in [4.69, 9.17) is 4.74 Å². The predicted molar refractivity (Wildman–Crippen MR) is 93.9 cm³/mol. The van der Waals surface area contributed by atoms with Gasteiger partial charge in [0.05, 0.1) is 5.52 Å². The SMILES string of the molecule is O=C(Nc1cccc(OCc2cccc3cccnc23)c1)C1CC1. The van der Waals surface area contributed by atoms with Crippen molar-refractivity contribution in [2.45, 2.75) is 19.4 Å². The Hall–Kier alpha value is -2.88. The first-order chi connectivity index (χ1) is 11.8. The number of para-hydroxylation sites is 1. The second-order valence-corrected chi connectivity index (χ2v) is 6.07. The molecule has 0 radical (unpaired) electrons. The Labute approximate surface area is 140 Å². The van der Waals surface area contributed by atoms with Crippen LogP contribution in [-0.2, 0) is 11.4 Å². The van der Waals surface area contributed by atoms with Gasteiger partial charge in [0.1, 0.15) is 12.4 Å². The van der Waals surface area contributed by atoms with Crippen LogP contribution in [0.2, 0.25) is 0 Å². The highest BCUT2D eigenvalue weighted by atomic mass is 16.5. The molecule has 1 heterocycles. The number of fused-ring (bicyclic) bond motifs is 1. The smallest absolute Gasteiger partial charge is 0.227 e. The number of anilines is 1. The zero-order valence-electron chi connectivity index (χ0n) is 13.2. The van der Waals surface area contributed by atoms with E-state index in [0.29, 0.717) is 6.61 Å². The maximum atomic E-state index is 11.9. The lowest BCUT2D eigenvalue weighted by atomic mass is 10.1. The number of pyridine rings is 1. The van der Waals surface area contributed by atoms with E-state index in [1.54, 1.807) is 6.20 Å². The van der Waals surface area contributed by atoms with Crippen molar-refractivity contribution >= 4 is 22.5 Å². The first-order valence-corrected chi connectivity index (χ1v) is 8.16. The summed E-state index contributed by atoms with van der Waals surface area (Å²) in [5.41, 5.74) is 2.78. The van der Waals surface area contributed by atoms with Gasteiger partial charge in [0.15, 0.2) is 0 Å². The number of nitrogens with one attached hydrogen (secondary N) is 1. The molecule has 0 aliphatic heterocycles. The van der Waals surface area contributed by atoms with Crippen LogP contribution in [0.25, 0.3) is 10.9 Å². The van der Waals surface area contributed by atoms with Crippen molar-refractivity contribution in [3.63, 3.8) is 0 Å². The molecule has 120 valence electrons. The zero-order valence-corrected chi connectivity index (χ0v) is 13.2. The monoisotopic (exact) mass is 318 g/mol. The number of ether oxygens (including phenoxy) is 1. The number of benzene rings is 2. The summed E-state index contributed by atoms with van der Waals surface area (Å²) in [5.74, 6) is 1.03. The Kier molecular flexibility index (Phi) is 3.87. The van der Waals surface area contributed by atoms with Gasteiger partial charge in [0.2, 0.25) is 5.91 Å². The lowest BCUT2D eigenvalue weighted by molar-refractivity contribution is -0.117. The minimum atomic E-state index is 0.102. The fourth-order valence-corrected chi connectivity index (χ4v) is 2.70. The molecule has 1 fully saturated rings. The Morgan fingerprint density at radius 2 is 1.96 bits per heavy atom. The van der Waals surface area contributed by atoms with Gasteiger partial charge in [-0.2, -0.15) is 0 Å². The van der Waals surface area contributed by atoms with Gasteiger partial charge in [-0.15, -0.1) is 0 Å². The van der Waals surface area contributed by atoms with Gasteiger partial charge in [-0.25, -0.2) is 0 Å². The fourth-order valence-electron chi connectivity index (χ4n) is 2.70. The van der Waals surface area contributed by atoms with E-state index in [1.807, 2.05) is 54.6 Å². The number of hydrogen-bond acceptors (Lipinski definition) is 3. The fraction of sp³-hybridized carbons (Fsp3) is 0.200. The topological polar surface area (TPSA) is 51.2 Å². The summed E-state index contributed by atoms with van der Waals surface area (Å²) in [6.45, 7) is 0.439. The number of nitrogens with zero attached hydrogens (tertiary/aromatic N) is 1. The summed E-state index contributed by atoms with van der Waals surface area (Å²) in [7, 11) is 0. The number of carbonyl (C=O) groups excluding carboxylic acids is 1. The number of carbonyl (C=O) groups is 1. The summed E-state index contributed by atoms with van der Waals surface area (Å²) >= 11 is 0. The van der Waals surface area contributed by atoms with Crippen LogP contribution in [-0.4, -0.2) is 10.9 Å². The second-order valence-electron chi connectivity index (χ2n) is 6.07. The van der Waals surface area contributed by atoms with Gasteiger partial charge in [-0.05, 0) is 31.0 Å². The van der Waals surface area contributed by atoms with Crippen LogP contribution in [0.3, 0.4) is 0 Å². The molecule has 24 heavy (non-hydrogen) atoms. The van der Waals surface area contributed by atoms with Crippen molar-refractivity contribution in [2.24, 2.45) is 5.92 Å². The Morgan fingerprint density at radius 1 is 1.12 bits per heavy atom. The van der Waals surface area contributed by atoms with Crippen LogP contribution in [0.5, 0.6) is 5.75 Å². The van der Waals surface area contributed by atoms with E-state index >= 15 is 0 Å². The van der Waals surface area contributed by atoms with Crippen molar-refractivity contribution in [1.29, 1.82) is 0 Å². The molecule has 1 aliphatic carbocycles. The number of rotatable bonds is 5. The van der Waals surface area contributed by atoms with E-state index in [2.05, 4.69) is 10.3 Å². The molecule has 4 heteroatoms. The molecule has 0 spiro atoms. The quantitative estimate of drug-likeness (QED) is 0.768. The maximum absolute atomic E-state index is 11.9. The summed E-state index contributed by atoms with van der Waals surface area (Å²) in [4.78, 5) is 16.3. The van der Waals surface area contributed by atoms with E-state index in [-0.39, 0.29) is 11.8 Å². The van der Waals surface area contributed by atoms with Crippen molar-refractivity contribution in [3.8, 4) is 5.75 Å². The Bertz CT molecular complexity index is 882. The van der Waals surface area contributed by atoms with E-state index < -0.39 is 0 Å². The van der Waals surface area contributed by atoms with Crippen molar-refractivity contribution in [2.75, 3.05) is 5.32 Å². The van der Waals surface area contributed by atoms with Gasteiger partial charge in [0, 0.05) is 34.8 Å². The summed E-state index contributed by atoms with van der Waals surface area (Å²) < 4.78 is 5.91. The molecule has 1 aromatic heterocycles. The standard InChI is InChI=1S/C20H18N2O2/c23-20(15-9-10-15)22-17-7-2-8-18(12-17)24-13-16-5-1-4-14-6-3-11-21-19(14)16/h1-8,11-12,15H,9-10,13H2,(H,22,23). The van der Waals surface area contributed by atoms with Gasteiger partial charge in [-0.1, -0.05) is 30.3 Å².